The third-order valence-electron chi connectivity index (χ3n) is 3.21. The van der Waals surface area contributed by atoms with Crippen molar-refractivity contribution in [3.63, 3.8) is 0 Å². The van der Waals surface area contributed by atoms with Crippen molar-refractivity contribution in [1.82, 2.24) is 0 Å². The zero-order valence-electron chi connectivity index (χ0n) is 11.0. The largest absolute Gasteiger partial charge is 0.465 e. The first-order chi connectivity index (χ1) is 8.10. The van der Waals surface area contributed by atoms with E-state index in [2.05, 4.69) is 26.1 Å². The highest BCUT2D eigenvalue weighted by molar-refractivity contribution is 5.95. The molecule has 0 bridgehead atoms. The molecular weight excluding hydrogens is 214 g/mol. The van der Waals surface area contributed by atoms with E-state index in [1.807, 2.05) is 18.2 Å². The predicted molar refractivity (Wildman–Crippen MR) is 70.3 cm³/mol. The van der Waals surface area contributed by atoms with Crippen molar-refractivity contribution in [2.45, 2.75) is 33.2 Å². The van der Waals surface area contributed by atoms with Crippen LogP contribution in [0.1, 0.15) is 37.6 Å². The van der Waals surface area contributed by atoms with E-state index in [0.717, 1.165) is 12.1 Å². The van der Waals surface area contributed by atoms with Gasteiger partial charge in [0.25, 0.3) is 0 Å². The number of hydrogen-bond donors (Lipinski definition) is 1. The smallest absolute Gasteiger partial charge is 0.339 e. The third kappa shape index (κ3) is 3.48. The van der Waals surface area contributed by atoms with Crippen LogP contribution < -0.4 is 5.32 Å². The van der Waals surface area contributed by atoms with Gasteiger partial charge in [0.2, 0.25) is 0 Å². The van der Waals surface area contributed by atoms with Crippen LogP contribution >= 0.6 is 0 Å². The Morgan fingerprint density at radius 3 is 2.59 bits per heavy atom. The molecule has 0 aliphatic carbocycles. The topological polar surface area (TPSA) is 38.3 Å². The van der Waals surface area contributed by atoms with Gasteiger partial charge < -0.3 is 10.1 Å². The third-order valence-corrected chi connectivity index (χ3v) is 3.21. The van der Waals surface area contributed by atoms with Crippen LogP contribution in [-0.4, -0.2) is 19.1 Å². The molecule has 2 unspecified atom stereocenters. The lowest BCUT2D eigenvalue weighted by Crippen LogP contribution is -2.24. The number of nitrogens with one attached hydrogen (secondary N) is 1. The van der Waals surface area contributed by atoms with Gasteiger partial charge in [0, 0.05) is 11.7 Å². The monoisotopic (exact) mass is 235 g/mol. The molecule has 0 aliphatic rings. The molecule has 3 heteroatoms. The average Bonchev–Trinajstić information content (AvgIpc) is 2.37. The van der Waals surface area contributed by atoms with E-state index in [9.17, 15) is 4.79 Å². The van der Waals surface area contributed by atoms with Gasteiger partial charge in [-0.15, -0.1) is 0 Å². The number of benzene rings is 1. The van der Waals surface area contributed by atoms with E-state index in [0.29, 0.717) is 17.5 Å². The van der Waals surface area contributed by atoms with Crippen LogP contribution in [0.25, 0.3) is 0 Å². The highest BCUT2D eigenvalue weighted by Gasteiger charge is 2.15. The van der Waals surface area contributed by atoms with Gasteiger partial charge in [0.1, 0.15) is 0 Å². The Kier molecular flexibility index (Phi) is 5.01. The molecule has 2 atom stereocenters. The summed E-state index contributed by atoms with van der Waals surface area (Å²) in [6, 6.07) is 7.76. The van der Waals surface area contributed by atoms with Crippen molar-refractivity contribution < 1.29 is 9.53 Å². The molecule has 17 heavy (non-hydrogen) atoms. The minimum Gasteiger partial charge on any atom is -0.465 e. The highest BCUT2D eigenvalue weighted by Crippen LogP contribution is 2.20. The Hall–Kier alpha value is -1.51. The van der Waals surface area contributed by atoms with Crippen molar-refractivity contribution in [1.29, 1.82) is 0 Å². The minimum absolute atomic E-state index is 0.301. The summed E-state index contributed by atoms with van der Waals surface area (Å²) in [6.45, 7) is 6.48. The lowest BCUT2D eigenvalue weighted by atomic mass is 10.00. The van der Waals surface area contributed by atoms with Crippen LogP contribution in [-0.2, 0) is 4.74 Å². The summed E-state index contributed by atoms with van der Waals surface area (Å²) in [7, 11) is 1.40. The Balaban J connectivity index is 2.87. The molecule has 0 saturated carbocycles. The number of esters is 1. The van der Waals surface area contributed by atoms with Gasteiger partial charge in [-0.1, -0.05) is 32.4 Å². The summed E-state index contributed by atoms with van der Waals surface area (Å²) in [5, 5.41) is 3.38. The van der Waals surface area contributed by atoms with Gasteiger partial charge in [-0.2, -0.15) is 0 Å². The molecule has 0 spiro atoms. The summed E-state index contributed by atoms with van der Waals surface area (Å²) in [4.78, 5) is 11.6. The minimum atomic E-state index is -0.301. The van der Waals surface area contributed by atoms with Crippen LogP contribution in [0.5, 0.6) is 0 Å². The van der Waals surface area contributed by atoms with Crippen molar-refractivity contribution in [2.24, 2.45) is 5.92 Å². The first kappa shape index (κ1) is 13.6. The number of ether oxygens (including phenoxy) is 1. The molecular formula is C14H21NO2. The number of carbonyl (C=O) groups excluding carboxylic acids is 1. The number of rotatable bonds is 5. The molecule has 0 amide bonds. The van der Waals surface area contributed by atoms with Crippen LogP contribution in [0.4, 0.5) is 5.69 Å². The summed E-state index contributed by atoms with van der Waals surface area (Å²) in [5.41, 5.74) is 1.43. The molecule has 1 aromatic rings. The quantitative estimate of drug-likeness (QED) is 0.796. The van der Waals surface area contributed by atoms with E-state index in [-0.39, 0.29) is 5.97 Å². The second kappa shape index (κ2) is 6.28. The fraction of sp³-hybridized carbons (Fsp3) is 0.500. The van der Waals surface area contributed by atoms with E-state index >= 15 is 0 Å². The first-order valence-electron chi connectivity index (χ1n) is 6.04. The zero-order chi connectivity index (χ0) is 12.8. The van der Waals surface area contributed by atoms with Gasteiger partial charge in [-0.3, -0.25) is 0 Å². The average molecular weight is 235 g/mol. The van der Waals surface area contributed by atoms with Crippen LogP contribution in [0.15, 0.2) is 24.3 Å². The second-order valence-corrected chi connectivity index (χ2v) is 4.36. The van der Waals surface area contributed by atoms with Crippen molar-refractivity contribution in [3.05, 3.63) is 29.8 Å². The highest BCUT2D eigenvalue weighted by atomic mass is 16.5. The molecule has 0 saturated heterocycles. The fourth-order valence-electron chi connectivity index (χ4n) is 1.64. The van der Waals surface area contributed by atoms with Crippen molar-refractivity contribution >= 4 is 11.7 Å². The van der Waals surface area contributed by atoms with Crippen LogP contribution in [0.3, 0.4) is 0 Å². The van der Waals surface area contributed by atoms with Gasteiger partial charge in [-0.05, 0) is 25.0 Å². The fourth-order valence-corrected chi connectivity index (χ4v) is 1.64. The Morgan fingerprint density at radius 2 is 2.00 bits per heavy atom. The van der Waals surface area contributed by atoms with E-state index in [1.165, 1.54) is 7.11 Å². The molecule has 0 fully saturated rings. The van der Waals surface area contributed by atoms with Crippen LogP contribution in [0, 0.1) is 5.92 Å². The van der Waals surface area contributed by atoms with Gasteiger partial charge in [-0.25, -0.2) is 4.79 Å². The van der Waals surface area contributed by atoms with Gasteiger partial charge >= 0.3 is 5.97 Å². The molecule has 0 aliphatic heterocycles. The zero-order valence-corrected chi connectivity index (χ0v) is 11.0. The maximum absolute atomic E-state index is 11.6. The van der Waals surface area contributed by atoms with Crippen molar-refractivity contribution in [3.8, 4) is 0 Å². The maximum atomic E-state index is 11.6. The Labute approximate surface area is 103 Å². The molecule has 0 radical (unpaired) electrons. The lowest BCUT2D eigenvalue weighted by molar-refractivity contribution is 0.0602. The molecule has 1 N–H and O–H groups in total. The maximum Gasteiger partial charge on any atom is 0.339 e. The number of methoxy groups -OCH3 is 1. The number of carbonyl (C=O) groups is 1. The normalized spacial score (nSPS) is 13.9. The standard InChI is InChI=1S/C14H21NO2/c1-5-10(2)11(3)15-13-9-7-6-8-12(13)14(16)17-4/h6-11,15H,5H2,1-4H3. The molecule has 94 valence electrons. The summed E-state index contributed by atoms with van der Waals surface area (Å²) < 4.78 is 4.77. The molecule has 1 rings (SSSR count). The van der Waals surface area contributed by atoms with E-state index in [1.54, 1.807) is 6.07 Å². The number of para-hydroxylation sites is 1. The predicted octanol–water partition coefficient (Wildman–Crippen LogP) is 3.32. The summed E-state index contributed by atoms with van der Waals surface area (Å²) in [6.07, 6.45) is 1.11. The van der Waals surface area contributed by atoms with Crippen LogP contribution in [0.2, 0.25) is 0 Å². The SMILES string of the molecule is CCC(C)C(C)Nc1ccccc1C(=O)OC. The molecule has 1 aromatic carbocycles. The second-order valence-electron chi connectivity index (χ2n) is 4.36. The number of anilines is 1. The molecule has 0 aromatic heterocycles. The lowest BCUT2D eigenvalue weighted by Gasteiger charge is -2.22. The van der Waals surface area contributed by atoms with Gasteiger partial charge in [0.15, 0.2) is 0 Å². The summed E-state index contributed by atoms with van der Waals surface area (Å²) in [5.74, 6) is 0.255. The van der Waals surface area contributed by atoms with Crippen molar-refractivity contribution in [2.75, 3.05) is 12.4 Å². The van der Waals surface area contributed by atoms with E-state index < -0.39 is 0 Å². The molecule has 3 nitrogen and oxygen atoms in total. The van der Waals surface area contributed by atoms with E-state index in [4.69, 9.17) is 4.74 Å². The Bertz CT molecular complexity index is 376. The molecule has 0 heterocycles. The summed E-state index contributed by atoms with van der Waals surface area (Å²) >= 11 is 0. The number of hydrogen-bond acceptors (Lipinski definition) is 3. The Morgan fingerprint density at radius 1 is 1.35 bits per heavy atom. The first-order valence-corrected chi connectivity index (χ1v) is 6.04. The van der Waals surface area contributed by atoms with Gasteiger partial charge in [0.05, 0.1) is 12.7 Å².